The van der Waals surface area contributed by atoms with Gasteiger partial charge in [-0.1, -0.05) is 38.4 Å². The minimum absolute atomic E-state index is 0.00732. The number of nitrogens with one attached hydrogen (secondary N) is 2. The standard InChI is InChI=1S/C26H31ClFN3O3/c1-16(2)21-5-4-6-22(29-21)24(33)31-25-9-11-26(12-10-25,17(3)14-25)30-23(32)15-34-18-7-8-19(27)20(28)13-18/h4-8,13,16-17H,9-12,14-15H2,1-3H3,(H,30,32)(H,31,33). The predicted octanol–water partition coefficient (Wildman–Crippen LogP) is 5.01. The Labute approximate surface area is 204 Å². The van der Waals surface area contributed by atoms with E-state index in [0.29, 0.717) is 5.69 Å². The zero-order chi connectivity index (χ0) is 24.5. The van der Waals surface area contributed by atoms with Crippen LogP contribution in [-0.4, -0.2) is 34.5 Å². The van der Waals surface area contributed by atoms with Crippen molar-refractivity contribution in [1.82, 2.24) is 15.6 Å². The SMILES string of the molecule is CC(C)c1cccc(C(=O)NC23CCC(NC(=O)COc4ccc(Cl)c(F)c4)(CC2)C(C)C3)n1. The summed E-state index contributed by atoms with van der Waals surface area (Å²) in [6.45, 7) is 6.03. The van der Waals surface area contributed by atoms with Crippen LogP contribution in [0.1, 0.15) is 75.0 Å². The molecule has 2 aromatic rings. The molecule has 8 heteroatoms. The lowest BCUT2D eigenvalue weighted by Gasteiger charge is -2.57. The van der Waals surface area contributed by atoms with Gasteiger partial charge in [0.2, 0.25) is 0 Å². The monoisotopic (exact) mass is 487 g/mol. The molecule has 2 amide bonds. The highest BCUT2D eigenvalue weighted by Crippen LogP contribution is 2.50. The molecule has 6 nitrogen and oxygen atoms in total. The number of hydrogen-bond donors (Lipinski definition) is 2. The second kappa shape index (κ2) is 9.53. The van der Waals surface area contributed by atoms with Gasteiger partial charge in [-0.3, -0.25) is 9.59 Å². The van der Waals surface area contributed by atoms with Crippen molar-refractivity contribution in [3.63, 3.8) is 0 Å². The lowest BCUT2D eigenvalue weighted by atomic mass is 9.56. The van der Waals surface area contributed by atoms with E-state index in [9.17, 15) is 14.0 Å². The quantitative estimate of drug-likeness (QED) is 0.575. The Hall–Kier alpha value is -2.67. The molecule has 3 saturated carbocycles. The molecular formula is C26H31ClFN3O3. The van der Waals surface area contributed by atoms with Gasteiger partial charge < -0.3 is 15.4 Å². The number of pyridine rings is 1. The predicted molar refractivity (Wildman–Crippen MR) is 129 cm³/mol. The fraction of sp³-hybridized carbons (Fsp3) is 0.500. The third-order valence-corrected chi connectivity index (χ3v) is 7.67. The van der Waals surface area contributed by atoms with Crippen LogP contribution in [0.3, 0.4) is 0 Å². The maximum absolute atomic E-state index is 13.6. The van der Waals surface area contributed by atoms with E-state index in [-0.39, 0.29) is 52.1 Å². The molecule has 34 heavy (non-hydrogen) atoms. The number of fused-ring (bicyclic) bond motifs is 3. The number of carbonyl (C=O) groups is 2. The maximum Gasteiger partial charge on any atom is 0.270 e. The summed E-state index contributed by atoms with van der Waals surface area (Å²) in [5.41, 5.74) is 0.736. The highest BCUT2D eigenvalue weighted by atomic mass is 35.5. The normalized spacial score (nSPS) is 25.8. The van der Waals surface area contributed by atoms with Gasteiger partial charge in [0, 0.05) is 22.8 Å². The molecule has 3 fully saturated rings. The Morgan fingerprint density at radius 1 is 1.18 bits per heavy atom. The van der Waals surface area contributed by atoms with Crippen molar-refractivity contribution in [3.8, 4) is 5.75 Å². The number of aromatic nitrogens is 1. The van der Waals surface area contributed by atoms with Crippen molar-refractivity contribution in [2.24, 2.45) is 5.92 Å². The number of nitrogens with zero attached hydrogens (tertiary/aromatic N) is 1. The second-order valence-corrected chi connectivity index (χ2v) is 10.4. The van der Waals surface area contributed by atoms with Gasteiger partial charge in [-0.2, -0.15) is 0 Å². The fourth-order valence-electron chi connectivity index (χ4n) is 5.31. The van der Waals surface area contributed by atoms with E-state index in [4.69, 9.17) is 16.3 Å². The van der Waals surface area contributed by atoms with E-state index >= 15 is 0 Å². The van der Waals surface area contributed by atoms with Gasteiger partial charge in [-0.25, -0.2) is 9.37 Å². The molecule has 1 aromatic heterocycles. The Balaban J connectivity index is 1.35. The van der Waals surface area contributed by atoms with Crippen LogP contribution in [0.4, 0.5) is 4.39 Å². The van der Waals surface area contributed by atoms with Crippen molar-refractivity contribution in [1.29, 1.82) is 0 Å². The summed E-state index contributed by atoms with van der Waals surface area (Å²) in [6, 6.07) is 9.66. The van der Waals surface area contributed by atoms with E-state index in [2.05, 4.69) is 36.4 Å². The van der Waals surface area contributed by atoms with Gasteiger partial charge in [-0.05, 0) is 68.2 Å². The average molecular weight is 488 g/mol. The molecule has 182 valence electrons. The number of ether oxygens (including phenoxy) is 1. The molecule has 3 aliphatic carbocycles. The van der Waals surface area contributed by atoms with Crippen molar-refractivity contribution < 1.29 is 18.7 Å². The topological polar surface area (TPSA) is 80.3 Å². The third kappa shape index (κ3) is 5.04. The summed E-state index contributed by atoms with van der Waals surface area (Å²) >= 11 is 5.69. The van der Waals surface area contributed by atoms with Crippen LogP contribution >= 0.6 is 11.6 Å². The van der Waals surface area contributed by atoms with Gasteiger partial charge >= 0.3 is 0 Å². The number of rotatable bonds is 7. The van der Waals surface area contributed by atoms with Gasteiger partial charge in [0.1, 0.15) is 17.3 Å². The molecule has 0 saturated heterocycles. The fourth-order valence-corrected chi connectivity index (χ4v) is 5.43. The molecular weight excluding hydrogens is 457 g/mol. The summed E-state index contributed by atoms with van der Waals surface area (Å²) in [5.74, 6) is -0.279. The van der Waals surface area contributed by atoms with Crippen molar-refractivity contribution in [2.45, 2.75) is 69.9 Å². The molecule has 2 bridgehead atoms. The molecule has 1 aromatic carbocycles. The molecule has 3 aliphatic rings. The smallest absolute Gasteiger partial charge is 0.270 e. The summed E-state index contributed by atoms with van der Waals surface area (Å²) in [6.07, 6.45) is 3.91. The van der Waals surface area contributed by atoms with Crippen molar-refractivity contribution in [2.75, 3.05) is 6.61 Å². The first-order valence-corrected chi connectivity index (χ1v) is 12.2. The summed E-state index contributed by atoms with van der Waals surface area (Å²) in [4.78, 5) is 30.2. The minimum Gasteiger partial charge on any atom is -0.484 e. The van der Waals surface area contributed by atoms with E-state index in [1.807, 2.05) is 12.1 Å². The van der Waals surface area contributed by atoms with Gasteiger partial charge in [-0.15, -0.1) is 0 Å². The first kappa shape index (κ1) is 24.5. The van der Waals surface area contributed by atoms with Crippen LogP contribution in [0.5, 0.6) is 5.75 Å². The maximum atomic E-state index is 13.6. The average Bonchev–Trinajstić information content (AvgIpc) is 2.81. The Kier molecular flexibility index (Phi) is 6.85. The zero-order valence-electron chi connectivity index (χ0n) is 19.8. The highest BCUT2D eigenvalue weighted by molar-refractivity contribution is 6.30. The Morgan fingerprint density at radius 3 is 2.56 bits per heavy atom. The zero-order valence-corrected chi connectivity index (χ0v) is 20.5. The van der Waals surface area contributed by atoms with Gasteiger partial charge in [0.25, 0.3) is 11.8 Å². The number of benzene rings is 1. The molecule has 1 atom stereocenters. The van der Waals surface area contributed by atoms with Crippen LogP contribution in [0, 0.1) is 11.7 Å². The number of hydrogen-bond acceptors (Lipinski definition) is 4. The first-order valence-electron chi connectivity index (χ1n) is 11.8. The van der Waals surface area contributed by atoms with E-state index < -0.39 is 5.82 Å². The Bertz CT molecular complexity index is 1080. The molecule has 0 spiro atoms. The van der Waals surface area contributed by atoms with Crippen molar-refractivity contribution >= 4 is 23.4 Å². The summed E-state index contributed by atoms with van der Waals surface area (Å²) in [7, 11) is 0. The lowest BCUT2D eigenvalue weighted by Crippen LogP contribution is -2.67. The summed E-state index contributed by atoms with van der Waals surface area (Å²) in [5, 5.41) is 6.46. The number of halogens is 2. The van der Waals surface area contributed by atoms with E-state index in [1.165, 1.54) is 18.2 Å². The van der Waals surface area contributed by atoms with Crippen LogP contribution in [0.25, 0.3) is 0 Å². The minimum atomic E-state index is -0.587. The molecule has 0 aliphatic heterocycles. The molecule has 2 N–H and O–H groups in total. The van der Waals surface area contributed by atoms with Crippen LogP contribution in [0.2, 0.25) is 5.02 Å². The number of carbonyl (C=O) groups excluding carboxylic acids is 2. The molecule has 1 heterocycles. The molecule has 5 rings (SSSR count). The summed E-state index contributed by atoms with van der Waals surface area (Å²) < 4.78 is 19.0. The molecule has 1 unspecified atom stereocenters. The second-order valence-electron chi connectivity index (χ2n) is 10.0. The first-order chi connectivity index (χ1) is 16.1. The highest BCUT2D eigenvalue weighted by Gasteiger charge is 2.54. The number of amides is 2. The van der Waals surface area contributed by atoms with E-state index in [1.54, 1.807) is 6.07 Å². The van der Waals surface area contributed by atoms with Crippen molar-refractivity contribution in [3.05, 3.63) is 58.6 Å². The van der Waals surface area contributed by atoms with Crippen LogP contribution in [0.15, 0.2) is 36.4 Å². The Morgan fingerprint density at radius 2 is 1.91 bits per heavy atom. The van der Waals surface area contributed by atoms with E-state index in [0.717, 1.165) is 37.8 Å². The largest absolute Gasteiger partial charge is 0.484 e. The van der Waals surface area contributed by atoms with Gasteiger partial charge in [0.15, 0.2) is 6.61 Å². The van der Waals surface area contributed by atoms with Crippen LogP contribution in [-0.2, 0) is 4.79 Å². The van der Waals surface area contributed by atoms with Crippen LogP contribution < -0.4 is 15.4 Å². The lowest BCUT2D eigenvalue weighted by molar-refractivity contribution is -0.128. The molecule has 0 radical (unpaired) electrons. The van der Waals surface area contributed by atoms with Gasteiger partial charge in [0.05, 0.1) is 5.02 Å². The third-order valence-electron chi connectivity index (χ3n) is 7.36.